The number of hydrogen-bond acceptors (Lipinski definition) is 5. The predicted octanol–water partition coefficient (Wildman–Crippen LogP) is 2.78. The van der Waals surface area contributed by atoms with Crippen molar-refractivity contribution in [3.63, 3.8) is 0 Å². The smallest absolute Gasteiger partial charge is 0.243 e. The van der Waals surface area contributed by atoms with Crippen LogP contribution < -0.4 is 15.8 Å². The van der Waals surface area contributed by atoms with Crippen LogP contribution in [0, 0.1) is 11.3 Å². The Kier molecular flexibility index (Phi) is 11.1. The van der Waals surface area contributed by atoms with Crippen LogP contribution in [0.15, 0.2) is 59.5 Å². The zero-order valence-corrected chi connectivity index (χ0v) is 22.8. The van der Waals surface area contributed by atoms with Gasteiger partial charge >= 0.3 is 0 Å². The molecule has 5 N–H and O–H groups in total. The summed E-state index contributed by atoms with van der Waals surface area (Å²) in [6, 6.07) is 13.3. The fourth-order valence-corrected chi connectivity index (χ4v) is 5.53. The maximum absolute atomic E-state index is 13.6. The van der Waals surface area contributed by atoms with Crippen LogP contribution in [0.5, 0.6) is 0 Å². The average molecular weight is 550 g/mol. The van der Waals surface area contributed by atoms with E-state index in [9.17, 15) is 18.0 Å². The van der Waals surface area contributed by atoms with Gasteiger partial charge in [-0.15, -0.1) is 12.4 Å². The lowest BCUT2D eigenvalue weighted by Crippen LogP contribution is -2.57. The van der Waals surface area contributed by atoms with E-state index in [-0.39, 0.29) is 47.4 Å². The minimum Gasteiger partial charge on any atom is -0.384 e. The molecule has 0 bridgehead atoms. The molecule has 1 heterocycles. The number of carbonyl (C=O) groups excluding carboxylic acids is 2. The molecule has 1 aliphatic heterocycles. The van der Waals surface area contributed by atoms with E-state index in [1.54, 1.807) is 42.5 Å². The van der Waals surface area contributed by atoms with E-state index in [4.69, 9.17) is 11.1 Å². The minimum absolute atomic E-state index is 0. The van der Waals surface area contributed by atoms with E-state index in [1.807, 2.05) is 13.8 Å². The Morgan fingerprint density at radius 1 is 1.08 bits per heavy atom. The highest BCUT2D eigenvalue weighted by atomic mass is 35.5. The van der Waals surface area contributed by atoms with E-state index in [0.29, 0.717) is 24.9 Å². The SMILES string of the molecule is CC(C)C[C@@H](NS(=O)(=O)c1ccccc1)C(=O)N1CCCC[C@H]1C(=O)NCc1ccc(C(=N)N)cc1.Cl. The van der Waals surface area contributed by atoms with E-state index in [2.05, 4.69) is 10.0 Å². The predicted molar refractivity (Wildman–Crippen MR) is 146 cm³/mol. The summed E-state index contributed by atoms with van der Waals surface area (Å²) in [4.78, 5) is 28.4. The molecule has 0 aromatic heterocycles. The van der Waals surface area contributed by atoms with Crippen molar-refractivity contribution in [1.82, 2.24) is 14.9 Å². The molecule has 11 heteroatoms. The zero-order chi connectivity index (χ0) is 26.3. The van der Waals surface area contributed by atoms with Crippen LogP contribution in [0.4, 0.5) is 0 Å². The molecule has 202 valence electrons. The Bertz CT molecular complexity index is 1170. The van der Waals surface area contributed by atoms with Crippen LogP contribution >= 0.6 is 12.4 Å². The number of sulfonamides is 1. The topological polar surface area (TPSA) is 145 Å². The Morgan fingerprint density at radius 2 is 1.73 bits per heavy atom. The van der Waals surface area contributed by atoms with Crippen LogP contribution in [-0.4, -0.2) is 49.6 Å². The van der Waals surface area contributed by atoms with Gasteiger partial charge in [-0.1, -0.05) is 56.3 Å². The lowest BCUT2D eigenvalue weighted by molar-refractivity contribution is -0.143. The molecule has 2 aromatic rings. The number of hydrogen-bond donors (Lipinski definition) is 4. The molecular weight excluding hydrogens is 514 g/mol. The first-order chi connectivity index (χ1) is 17.1. The fraction of sp³-hybridized carbons (Fsp3) is 0.423. The van der Waals surface area contributed by atoms with Crippen LogP contribution in [0.3, 0.4) is 0 Å². The molecule has 1 aliphatic rings. The van der Waals surface area contributed by atoms with Gasteiger partial charge in [0.25, 0.3) is 0 Å². The van der Waals surface area contributed by atoms with Gasteiger partial charge in [-0.25, -0.2) is 8.42 Å². The quantitative estimate of drug-likeness (QED) is 0.266. The molecule has 0 radical (unpaired) electrons. The molecule has 2 aromatic carbocycles. The number of benzene rings is 2. The number of nitrogens with one attached hydrogen (secondary N) is 3. The maximum atomic E-state index is 13.6. The third-order valence-electron chi connectivity index (χ3n) is 6.18. The molecule has 0 spiro atoms. The van der Waals surface area contributed by atoms with Crippen molar-refractivity contribution >= 4 is 40.1 Å². The first-order valence-electron chi connectivity index (χ1n) is 12.2. The van der Waals surface area contributed by atoms with Gasteiger partial charge in [0.05, 0.1) is 4.90 Å². The summed E-state index contributed by atoms with van der Waals surface area (Å²) in [7, 11) is -3.90. The molecule has 0 saturated carbocycles. The van der Waals surface area contributed by atoms with Gasteiger partial charge in [0.15, 0.2) is 0 Å². The maximum Gasteiger partial charge on any atom is 0.243 e. The summed E-state index contributed by atoms with van der Waals surface area (Å²) in [6.07, 6.45) is 2.39. The number of likely N-dealkylation sites (tertiary alicyclic amines) is 1. The highest BCUT2D eigenvalue weighted by Gasteiger charge is 2.37. The number of amidine groups is 1. The molecule has 1 saturated heterocycles. The van der Waals surface area contributed by atoms with E-state index >= 15 is 0 Å². The number of nitrogen functional groups attached to an aromatic ring is 1. The largest absolute Gasteiger partial charge is 0.384 e. The number of halogens is 1. The van der Waals surface area contributed by atoms with Crippen molar-refractivity contribution in [1.29, 1.82) is 5.41 Å². The van der Waals surface area contributed by atoms with Gasteiger partial charge in [-0.2, -0.15) is 4.72 Å². The third kappa shape index (κ3) is 8.28. The molecule has 3 rings (SSSR count). The zero-order valence-electron chi connectivity index (χ0n) is 21.1. The van der Waals surface area contributed by atoms with Gasteiger partial charge in [0.1, 0.15) is 17.9 Å². The molecule has 2 amide bonds. The molecular formula is C26H36ClN5O4S. The van der Waals surface area contributed by atoms with Crippen LogP contribution in [0.1, 0.15) is 50.7 Å². The highest BCUT2D eigenvalue weighted by molar-refractivity contribution is 7.89. The van der Waals surface area contributed by atoms with Crippen LogP contribution in [0.2, 0.25) is 0 Å². The second-order valence-corrected chi connectivity index (χ2v) is 11.2. The van der Waals surface area contributed by atoms with Crippen LogP contribution in [-0.2, 0) is 26.2 Å². The second kappa shape index (κ2) is 13.6. The number of nitrogens with zero attached hydrogens (tertiary/aromatic N) is 1. The number of nitrogens with two attached hydrogens (primary N) is 1. The van der Waals surface area contributed by atoms with Crippen LogP contribution in [0.25, 0.3) is 0 Å². The van der Waals surface area contributed by atoms with Gasteiger partial charge in [0, 0.05) is 18.7 Å². The van der Waals surface area contributed by atoms with Crippen molar-refractivity contribution in [2.75, 3.05) is 6.54 Å². The van der Waals surface area contributed by atoms with Crippen molar-refractivity contribution in [2.45, 2.75) is 63.1 Å². The van der Waals surface area contributed by atoms with Crippen molar-refractivity contribution < 1.29 is 18.0 Å². The van der Waals surface area contributed by atoms with Gasteiger partial charge in [-0.3, -0.25) is 15.0 Å². The average Bonchev–Trinajstić information content (AvgIpc) is 2.86. The lowest BCUT2D eigenvalue weighted by Gasteiger charge is -2.37. The first-order valence-corrected chi connectivity index (χ1v) is 13.7. The fourth-order valence-electron chi connectivity index (χ4n) is 4.30. The molecule has 0 aliphatic carbocycles. The van der Waals surface area contributed by atoms with Gasteiger partial charge in [0.2, 0.25) is 21.8 Å². The second-order valence-electron chi connectivity index (χ2n) is 9.49. The van der Waals surface area contributed by atoms with Crippen molar-refractivity contribution in [2.24, 2.45) is 11.7 Å². The summed E-state index contributed by atoms with van der Waals surface area (Å²) >= 11 is 0. The number of piperidine rings is 1. The first kappa shape index (κ1) is 30.3. The number of carbonyl (C=O) groups is 2. The minimum atomic E-state index is -3.90. The van der Waals surface area contributed by atoms with Crippen molar-refractivity contribution in [3.05, 3.63) is 65.7 Å². The number of rotatable bonds is 10. The Labute approximate surface area is 225 Å². The van der Waals surface area contributed by atoms with E-state index < -0.39 is 22.1 Å². The van der Waals surface area contributed by atoms with Crippen molar-refractivity contribution in [3.8, 4) is 0 Å². The monoisotopic (exact) mass is 549 g/mol. The highest BCUT2D eigenvalue weighted by Crippen LogP contribution is 2.21. The standard InChI is InChI=1S/C26H35N5O4S.ClH/c1-18(2)16-22(30-36(34,35)21-8-4-3-5-9-21)26(33)31-15-7-6-10-23(31)25(32)29-17-19-11-13-20(14-12-19)24(27)28;/h3-5,8-9,11-14,18,22-23,30H,6-7,10,15-17H2,1-2H3,(H3,27,28)(H,29,32);1H/t22-,23+;/m1./s1. The molecule has 1 fully saturated rings. The summed E-state index contributed by atoms with van der Waals surface area (Å²) < 4.78 is 28.5. The molecule has 2 atom stereocenters. The summed E-state index contributed by atoms with van der Waals surface area (Å²) in [5, 5.41) is 10.4. The summed E-state index contributed by atoms with van der Waals surface area (Å²) in [5.74, 6) is -0.616. The molecule has 0 unspecified atom stereocenters. The Balaban J connectivity index is 0.00000481. The normalized spacial score (nSPS) is 16.5. The van der Waals surface area contributed by atoms with E-state index in [0.717, 1.165) is 18.4 Å². The number of amides is 2. The Hall–Kier alpha value is -2.95. The molecule has 9 nitrogen and oxygen atoms in total. The lowest BCUT2D eigenvalue weighted by atomic mass is 9.97. The van der Waals surface area contributed by atoms with Gasteiger partial charge in [-0.05, 0) is 49.3 Å². The van der Waals surface area contributed by atoms with Gasteiger partial charge < -0.3 is 16.0 Å². The molecule has 37 heavy (non-hydrogen) atoms. The third-order valence-corrected chi connectivity index (χ3v) is 7.66. The summed E-state index contributed by atoms with van der Waals surface area (Å²) in [5.41, 5.74) is 6.93. The van der Waals surface area contributed by atoms with E-state index in [1.165, 1.54) is 17.0 Å². The summed E-state index contributed by atoms with van der Waals surface area (Å²) in [6.45, 7) is 4.52. The Morgan fingerprint density at radius 3 is 2.32 bits per heavy atom.